The number of hydrogen-bond donors (Lipinski definition) is 1. The molecule has 39 heavy (non-hydrogen) atoms. The van der Waals surface area contributed by atoms with Gasteiger partial charge in [-0.2, -0.15) is 9.41 Å². The van der Waals surface area contributed by atoms with Crippen LogP contribution in [-0.2, 0) is 14.8 Å². The zero-order valence-corrected chi connectivity index (χ0v) is 24.5. The Morgan fingerprint density at radius 1 is 1.03 bits per heavy atom. The fourth-order valence-corrected chi connectivity index (χ4v) is 6.92. The van der Waals surface area contributed by atoms with E-state index in [2.05, 4.69) is 11.1 Å². The van der Waals surface area contributed by atoms with E-state index >= 15 is 0 Å². The third-order valence-electron chi connectivity index (χ3n) is 6.76. The molecule has 2 aliphatic rings. The number of rotatable bonds is 7. The average molecular weight is 631 g/mol. The molecule has 0 aliphatic carbocycles. The summed E-state index contributed by atoms with van der Waals surface area (Å²) in [4.78, 5) is 8.49. The standard InChI is InChI=1S/C27H27N5O4S2.BrH/c1-35-21-8-4-19(5-9-21)24-17-26(23-3-2-12-28-23)32(30-24)27-29-25(18-37-27)20-6-10-22(11-7-20)38(33,34)31-13-15-36-16-14-31;/h2-12,18,26,28H,13-17H2,1H3;1H. The Morgan fingerprint density at radius 2 is 1.74 bits per heavy atom. The van der Waals surface area contributed by atoms with Crippen LogP contribution < -0.4 is 9.75 Å². The van der Waals surface area contributed by atoms with Crippen molar-refractivity contribution in [2.75, 3.05) is 38.4 Å². The van der Waals surface area contributed by atoms with Gasteiger partial charge in [0.25, 0.3) is 0 Å². The molecule has 1 saturated heterocycles. The van der Waals surface area contributed by atoms with Crippen LogP contribution in [0.3, 0.4) is 0 Å². The van der Waals surface area contributed by atoms with Gasteiger partial charge in [-0.1, -0.05) is 12.1 Å². The van der Waals surface area contributed by atoms with E-state index in [1.807, 2.05) is 59.1 Å². The van der Waals surface area contributed by atoms with Gasteiger partial charge in [0, 0.05) is 42.3 Å². The molecule has 12 heteroatoms. The number of benzene rings is 2. The van der Waals surface area contributed by atoms with Crippen LogP contribution >= 0.6 is 28.3 Å². The number of sulfonamides is 1. The lowest BCUT2D eigenvalue weighted by Gasteiger charge is -2.26. The molecule has 1 fully saturated rings. The minimum atomic E-state index is -3.54. The number of H-pyrrole nitrogens is 1. The Labute approximate surface area is 241 Å². The van der Waals surface area contributed by atoms with Gasteiger partial charge in [-0.25, -0.2) is 18.4 Å². The quantitative estimate of drug-likeness (QED) is 0.305. The maximum Gasteiger partial charge on any atom is 0.243 e. The van der Waals surface area contributed by atoms with E-state index in [4.69, 9.17) is 19.6 Å². The number of halogens is 1. The zero-order chi connectivity index (χ0) is 26.1. The van der Waals surface area contributed by atoms with E-state index in [-0.39, 0.29) is 27.9 Å². The first kappa shape index (κ1) is 27.5. The number of aromatic amines is 1. The number of ether oxygens (including phenoxy) is 2. The molecule has 6 rings (SSSR count). The summed E-state index contributed by atoms with van der Waals surface area (Å²) in [5.74, 6) is 0.804. The van der Waals surface area contributed by atoms with Crippen molar-refractivity contribution in [1.29, 1.82) is 0 Å². The fraction of sp³-hybridized carbons (Fsp3) is 0.259. The minimum Gasteiger partial charge on any atom is -0.497 e. The van der Waals surface area contributed by atoms with Gasteiger partial charge in [0.05, 0.1) is 36.6 Å². The summed E-state index contributed by atoms with van der Waals surface area (Å²) in [6.45, 7) is 1.58. The van der Waals surface area contributed by atoms with Crippen LogP contribution in [0.5, 0.6) is 5.75 Å². The molecule has 0 spiro atoms. The smallest absolute Gasteiger partial charge is 0.243 e. The van der Waals surface area contributed by atoms with E-state index in [1.165, 1.54) is 15.6 Å². The lowest BCUT2D eigenvalue weighted by molar-refractivity contribution is 0.0730. The molecule has 0 bridgehead atoms. The molecule has 0 amide bonds. The van der Waals surface area contributed by atoms with E-state index in [0.717, 1.165) is 45.5 Å². The molecule has 204 valence electrons. The summed E-state index contributed by atoms with van der Waals surface area (Å²) in [5, 5.41) is 9.69. The van der Waals surface area contributed by atoms with E-state index in [1.54, 1.807) is 19.2 Å². The zero-order valence-electron chi connectivity index (χ0n) is 21.2. The van der Waals surface area contributed by atoms with Gasteiger partial charge in [0.15, 0.2) is 0 Å². The van der Waals surface area contributed by atoms with Crippen LogP contribution in [0.1, 0.15) is 23.7 Å². The van der Waals surface area contributed by atoms with Crippen LogP contribution in [0.25, 0.3) is 11.3 Å². The second-order valence-corrected chi connectivity index (χ2v) is 11.8. The van der Waals surface area contributed by atoms with Gasteiger partial charge in [-0.3, -0.25) is 0 Å². The van der Waals surface area contributed by atoms with Crippen molar-refractivity contribution < 1.29 is 17.9 Å². The Kier molecular flexibility index (Phi) is 8.19. The lowest BCUT2D eigenvalue weighted by atomic mass is 10.0. The first-order chi connectivity index (χ1) is 18.5. The number of thiazole rings is 1. The van der Waals surface area contributed by atoms with Gasteiger partial charge in [0.1, 0.15) is 11.8 Å². The summed E-state index contributed by atoms with van der Waals surface area (Å²) in [7, 11) is -1.89. The summed E-state index contributed by atoms with van der Waals surface area (Å²) >= 11 is 1.51. The van der Waals surface area contributed by atoms with Gasteiger partial charge in [-0.15, -0.1) is 28.3 Å². The number of anilines is 1. The molecule has 2 aromatic heterocycles. The maximum atomic E-state index is 13.0. The van der Waals surface area contributed by atoms with Gasteiger partial charge in [-0.05, 0) is 54.1 Å². The van der Waals surface area contributed by atoms with Crippen LogP contribution in [0, 0.1) is 0 Å². The highest BCUT2D eigenvalue weighted by Gasteiger charge is 2.32. The minimum absolute atomic E-state index is 0. The SMILES string of the molecule is Br.COc1ccc(C2=NN(c3nc(-c4ccc(S(=O)(=O)N5CCOCC5)cc4)cs3)C(c3ccc[nH]3)C2)cc1. The first-order valence-corrected chi connectivity index (χ1v) is 14.6. The second-order valence-electron chi connectivity index (χ2n) is 9.02. The van der Waals surface area contributed by atoms with Gasteiger partial charge in [0.2, 0.25) is 15.2 Å². The summed E-state index contributed by atoms with van der Waals surface area (Å²) in [6.07, 6.45) is 2.65. The Morgan fingerprint density at radius 3 is 2.41 bits per heavy atom. The van der Waals surface area contributed by atoms with Gasteiger partial charge >= 0.3 is 0 Å². The Bertz CT molecular complexity index is 1530. The Hall–Kier alpha value is -3.03. The predicted octanol–water partition coefficient (Wildman–Crippen LogP) is 5.10. The molecule has 4 heterocycles. The van der Waals surface area contributed by atoms with Crippen LogP contribution in [0.15, 0.2) is 82.2 Å². The van der Waals surface area contributed by atoms with E-state index in [0.29, 0.717) is 26.3 Å². The molecule has 1 unspecified atom stereocenters. The normalized spacial score (nSPS) is 18.0. The van der Waals surface area contributed by atoms with Crippen molar-refractivity contribution in [3.8, 4) is 17.0 Å². The van der Waals surface area contributed by atoms with Crippen LogP contribution in [0.4, 0.5) is 5.13 Å². The molecule has 1 atom stereocenters. The number of hydrogen-bond acceptors (Lipinski definition) is 8. The monoisotopic (exact) mass is 629 g/mol. The number of morpholine rings is 1. The molecule has 0 radical (unpaired) electrons. The number of nitrogens with one attached hydrogen (secondary N) is 1. The summed E-state index contributed by atoms with van der Waals surface area (Å²) < 4.78 is 38.0. The molecule has 9 nitrogen and oxygen atoms in total. The Balaban J connectivity index is 0.00000308. The number of aromatic nitrogens is 2. The van der Waals surface area contributed by atoms with Crippen LogP contribution in [0.2, 0.25) is 0 Å². The molecular weight excluding hydrogens is 602 g/mol. The molecule has 4 aromatic rings. The summed E-state index contributed by atoms with van der Waals surface area (Å²) in [5.41, 5.74) is 4.70. The average Bonchev–Trinajstić information content (AvgIpc) is 3.74. The highest BCUT2D eigenvalue weighted by molar-refractivity contribution is 8.93. The third kappa shape index (κ3) is 5.52. The molecule has 1 N–H and O–H groups in total. The van der Waals surface area contributed by atoms with Crippen molar-refractivity contribution in [3.05, 3.63) is 83.5 Å². The number of nitrogens with zero attached hydrogens (tertiary/aromatic N) is 4. The van der Waals surface area contributed by atoms with Crippen molar-refractivity contribution in [3.63, 3.8) is 0 Å². The first-order valence-electron chi connectivity index (χ1n) is 12.3. The van der Waals surface area contributed by atoms with E-state index < -0.39 is 10.0 Å². The number of hydrazone groups is 1. The molecular formula is C27H28BrN5O4S2. The lowest BCUT2D eigenvalue weighted by Crippen LogP contribution is -2.40. The predicted molar refractivity (Wildman–Crippen MR) is 158 cm³/mol. The van der Waals surface area contributed by atoms with Crippen LogP contribution in [-0.4, -0.2) is 61.8 Å². The molecule has 0 saturated carbocycles. The third-order valence-corrected chi connectivity index (χ3v) is 9.50. The highest BCUT2D eigenvalue weighted by atomic mass is 79.9. The van der Waals surface area contributed by atoms with Crippen molar-refractivity contribution in [1.82, 2.24) is 14.3 Å². The molecule has 2 aromatic carbocycles. The highest BCUT2D eigenvalue weighted by Crippen LogP contribution is 2.39. The second kappa shape index (κ2) is 11.6. The molecule has 2 aliphatic heterocycles. The fourth-order valence-electron chi connectivity index (χ4n) is 4.67. The largest absolute Gasteiger partial charge is 0.497 e. The van der Waals surface area contributed by atoms with Gasteiger partial charge < -0.3 is 14.5 Å². The van der Waals surface area contributed by atoms with E-state index in [9.17, 15) is 8.42 Å². The van der Waals surface area contributed by atoms with Crippen molar-refractivity contribution in [2.45, 2.75) is 17.4 Å². The topological polar surface area (TPSA) is 100 Å². The number of methoxy groups -OCH3 is 1. The van der Waals surface area contributed by atoms with Crippen molar-refractivity contribution >= 4 is 49.2 Å². The summed E-state index contributed by atoms with van der Waals surface area (Å²) in [6, 6.07) is 18.9. The maximum absolute atomic E-state index is 13.0. The van der Waals surface area contributed by atoms with Crippen molar-refractivity contribution in [2.24, 2.45) is 5.10 Å².